The van der Waals surface area contributed by atoms with Gasteiger partial charge < -0.3 is 4.42 Å². The first kappa shape index (κ1) is 18.4. The van der Waals surface area contributed by atoms with Crippen LogP contribution in [0.25, 0.3) is 33.5 Å². The van der Waals surface area contributed by atoms with Crippen molar-refractivity contribution in [2.45, 2.75) is 0 Å². The highest BCUT2D eigenvalue weighted by molar-refractivity contribution is 9.10. The highest BCUT2D eigenvalue weighted by Crippen LogP contribution is 2.29. The average Bonchev–Trinajstić information content (AvgIpc) is 3.17. The molecule has 5 rings (SSSR count). The number of furan rings is 1. The number of para-hydroxylation sites is 1. The second-order valence-corrected chi connectivity index (χ2v) is 7.57. The quantitative estimate of drug-likeness (QED) is 0.329. The van der Waals surface area contributed by atoms with Crippen LogP contribution in [0.3, 0.4) is 0 Å². The molecule has 0 bridgehead atoms. The van der Waals surface area contributed by atoms with Crippen molar-refractivity contribution in [1.29, 1.82) is 0 Å². The molecule has 146 valence electrons. The number of hydrogen-bond acceptors (Lipinski definition) is 4. The van der Waals surface area contributed by atoms with E-state index in [-0.39, 0.29) is 17.2 Å². The number of halogens is 2. The molecule has 0 amide bonds. The van der Waals surface area contributed by atoms with Crippen molar-refractivity contribution in [3.63, 3.8) is 0 Å². The molecular formula is C23H13BrFN3O2. The van der Waals surface area contributed by atoms with E-state index in [1.807, 2.05) is 30.3 Å². The van der Waals surface area contributed by atoms with Crippen LogP contribution in [0.15, 0.2) is 91.6 Å². The van der Waals surface area contributed by atoms with Gasteiger partial charge in [-0.3, -0.25) is 4.79 Å². The maximum Gasteiger partial charge on any atom is 0.282 e. The predicted octanol–water partition coefficient (Wildman–Crippen LogP) is 5.59. The Labute approximate surface area is 178 Å². The highest BCUT2D eigenvalue weighted by atomic mass is 79.9. The second-order valence-electron chi connectivity index (χ2n) is 6.66. The fourth-order valence-electron chi connectivity index (χ4n) is 3.19. The van der Waals surface area contributed by atoms with E-state index < -0.39 is 0 Å². The minimum absolute atomic E-state index is 0.282. The lowest BCUT2D eigenvalue weighted by atomic mass is 10.2. The third-order valence-corrected chi connectivity index (χ3v) is 5.14. The molecule has 0 saturated carbocycles. The lowest BCUT2D eigenvalue weighted by Crippen LogP contribution is -2.20. The number of hydrogen-bond donors (Lipinski definition) is 0. The summed E-state index contributed by atoms with van der Waals surface area (Å²) in [6.45, 7) is 0. The van der Waals surface area contributed by atoms with Crippen LogP contribution in [0, 0.1) is 5.82 Å². The molecule has 0 atom stereocenters. The number of benzene rings is 3. The third-order valence-electron chi connectivity index (χ3n) is 4.64. The zero-order chi connectivity index (χ0) is 20.7. The molecule has 0 unspecified atom stereocenters. The summed E-state index contributed by atoms with van der Waals surface area (Å²) in [4.78, 5) is 17.8. The molecule has 0 N–H and O–H groups in total. The van der Waals surface area contributed by atoms with Gasteiger partial charge in [0.05, 0.1) is 17.1 Å². The molecule has 2 heterocycles. The lowest BCUT2D eigenvalue weighted by molar-refractivity contribution is 0.616. The van der Waals surface area contributed by atoms with Crippen molar-refractivity contribution < 1.29 is 8.81 Å². The van der Waals surface area contributed by atoms with E-state index in [4.69, 9.17) is 4.42 Å². The zero-order valence-electron chi connectivity index (χ0n) is 15.4. The van der Waals surface area contributed by atoms with Gasteiger partial charge in [-0.1, -0.05) is 40.2 Å². The van der Waals surface area contributed by atoms with Gasteiger partial charge in [-0.25, -0.2) is 9.37 Å². The molecule has 5 nitrogen and oxygen atoms in total. The lowest BCUT2D eigenvalue weighted by Gasteiger charge is -2.07. The van der Waals surface area contributed by atoms with Crippen molar-refractivity contribution >= 4 is 44.0 Å². The summed E-state index contributed by atoms with van der Waals surface area (Å²) in [6.07, 6.45) is 1.49. The first-order chi connectivity index (χ1) is 14.6. The normalized spacial score (nSPS) is 11.7. The van der Waals surface area contributed by atoms with Gasteiger partial charge in [0, 0.05) is 9.86 Å². The summed E-state index contributed by atoms with van der Waals surface area (Å²) in [5.41, 5.74) is 1.54. The fraction of sp³-hybridized carbons (Fsp3) is 0. The smallest absolute Gasteiger partial charge is 0.282 e. The van der Waals surface area contributed by atoms with Crippen LogP contribution >= 0.6 is 15.9 Å². The van der Waals surface area contributed by atoms with Crippen LogP contribution in [0.5, 0.6) is 0 Å². The molecule has 2 aromatic heterocycles. The van der Waals surface area contributed by atoms with Crippen LogP contribution in [0.4, 0.5) is 4.39 Å². The number of fused-ring (bicyclic) bond motifs is 2. The Morgan fingerprint density at radius 2 is 1.83 bits per heavy atom. The first-order valence-electron chi connectivity index (χ1n) is 9.10. The van der Waals surface area contributed by atoms with E-state index in [0.29, 0.717) is 27.8 Å². The van der Waals surface area contributed by atoms with Crippen LogP contribution in [0.1, 0.15) is 5.56 Å². The molecule has 5 aromatic rings. The Bertz CT molecular complexity index is 1490. The van der Waals surface area contributed by atoms with Crippen molar-refractivity contribution in [3.8, 4) is 11.6 Å². The summed E-state index contributed by atoms with van der Waals surface area (Å²) >= 11 is 3.45. The summed E-state index contributed by atoms with van der Waals surface area (Å²) < 4.78 is 21.3. The van der Waals surface area contributed by atoms with Crippen molar-refractivity contribution in [3.05, 3.63) is 99.0 Å². The molecule has 30 heavy (non-hydrogen) atoms. The van der Waals surface area contributed by atoms with Gasteiger partial charge in [0.15, 0.2) is 5.76 Å². The summed E-state index contributed by atoms with van der Waals surface area (Å²) in [7, 11) is 0. The van der Waals surface area contributed by atoms with Crippen LogP contribution in [0.2, 0.25) is 0 Å². The average molecular weight is 462 g/mol. The Balaban J connectivity index is 1.73. The molecule has 0 aliphatic carbocycles. The van der Waals surface area contributed by atoms with E-state index in [1.165, 1.54) is 23.0 Å². The van der Waals surface area contributed by atoms with E-state index in [0.717, 1.165) is 9.86 Å². The van der Waals surface area contributed by atoms with Crippen LogP contribution < -0.4 is 5.56 Å². The van der Waals surface area contributed by atoms with Gasteiger partial charge in [0.1, 0.15) is 11.4 Å². The van der Waals surface area contributed by atoms with Gasteiger partial charge >= 0.3 is 0 Å². The Hall–Kier alpha value is -3.58. The van der Waals surface area contributed by atoms with E-state index >= 15 is 0 Å². The van der Waals surface area contributed by atoms with Gasteiger partial charge in [0.25, 0.3) is 5.56 Å². The Kier molecular flexibility index (Phi) is 4.52. The van der Waals surface area contributed by atoms with Gasteiger partial charge in [-0.05, 0) is 54.1 Å². The minimum Gasteiger partial charge on any atom is -0.453 e. The SMILES string of the molecule is O=c1c2ccccc2nc(-c2cc3cc(Br)ccc3o2)n1N=Cc1ccc(F)cc1. The molecule has 7 heteroatoms. The van der Waals surface area contributed by atoms with Crippen LogP contribution in [-0.4, -0.2) is 15.9 Å². The predicted molar refractivity (Wildman–Crippen MR) is 118 cm³/mol. The molecular weight excluding hydrogens is 449 g/mol. The summed E-state index contributed by atoms with van der Waals surface area (Å²) in [6, 6.07) is 20.4. The van der Waals surface area contributed by atoms with Crippen molar-refractivity contribution in [2.75, 3.05) is 0 Å². The Morgan fingerprint density at radius 1 is 1.03 bits per heavy atom. The zero-order valence-corrected chi connectivity index (χ0v) is 17.0. The van der Waals surface area contributed by atoms with Gasteiger partial charge in [-0.2, -0.15) is 9.78 Å². The van der Waals surface area contributed by atoms with Crippen molar-refractivity contribution in [2.24, 2.45) is 5.10 Å². The van der Waals surface area contributed by atoms with E-state index in [1.54, 1.807) is 30.3 Å². The number of aromatic nitrogens is 2. The fourth-order valence-corrected chi connectivity index (χ4v) is 3.57. The molecule has 0 saturated heterocycles. The summed E-state index contributed by atoms with van der Waals surface area (Å²) in [5.74, 6) is 0.359. The highest BCUT2D eigenvalue weighted by Gasteiger charge is 2.16. The topological polar surface area (TPSA) is 60.4 Å². The van der Waals surface area contributed by atoms with E-state index in [2.05, 4.69) is 26.0 Å². The monoisotopic (exact) mass is 461 g/mol. The van der Waals surface area contributed by atoms with Crippen LogP contribution in [-0.2, 0) is 0 Å². The molecule has 3 aromatic carbocycles. The molecule has 0 spiro atoms. The standard InChI is InChI=1S/C23H13BrFN3O2/c24-16-7-10-20-15(11-16)12-21(30-20)22-27-19-4-2-1-3-18(19)23(29)28(22)26-13-14-5-8-17(25)9-6-14/h1-13H. The molecule has 0 radical (unpaired) electrons. The third kappa shape index (κ3) is 3.33. The first-order valence-corrected chi connectivity index (χ1v) is 9.89. The Morgan fingerprint density at radius 3 is 2.67 bits per heavy atom. The summed E-state index contributed by atoms with van der Waals surface area (Å²) in [5, 5.41) is 5.66. The molecule has 0 fully saturated rings. The minimum atomic E-state index is -0.342. The number of nitrogens with zero attached hydrogens (tertiary/aromatic N) is 3. The van der Waals surface area contributed by atoms with Gasteiger partial charge in [-0.15, -0.1) is 0 Å². The second kappa shape index (κ2) is 7.35. The largest absolute Gasteiger partial charge is 0.453 e. The maximum atomic E-state index is 13.2. The van der Waals surface area contributed by atoms with Crippen molar-refractivity contribution in [1.82, 2.24) is 9.66 Å². The van der Waals surface area contributed by atoms with Gasteiger partial charge in [0.2, 0.25) is 5.82 Å². The molecule has 0 aliphatic heterocycles. The number of rotatable bonds is 3. The maximum absolute atomic E-state index is 13.2. The molecule has 0 aliphatic rings. The van der Waals surface area contributed by atoms with E-state index in [9.17, 15) is 9.18 Å².